The van der Waals surface area contributed by atoms with Crippen LogP contribution in [0.3, 0.4) is 0 Å². The minimum absolute atomic E-state index is 0.347. The molecule has 1 aromatic carbocycles. The van der Waals surface area contributed by atoms with E-state index in [0.717, 1.165) is 48.1 Å². The van der Waals surface area contributed by atoms with Crippen LogP contribution < -0.4 is 4.74 Å². The number of hydrogen-bond donors (Lipinski definition) is 1. The number of aliphatic hydroxyl groups is 1. The van der Waals surface area contributed by atoms with Gasteiger partial charge in [-0.05, 0) is 46.8 Å². The van der Waals surface area contributed by atoms with Gasteiger partial charge >= 0.3 is 0 Å². The summed E-state index contributed by atoms with van der Waals surface area (Å²) in [5.41, 5.74) is 2.25. The molecule has 1 unspecified atom stereocenters. The van der Waals surface area contributed by atoms with Crippen LogP contribution >= 0.6 is 15.9 Å². The number of halogens is 1. The molecule has 1 N–H and O–H groups in total. The van der Waals surface area contributed by atoms with Crippen LogP contribution in [0.2, 0.25) is 0 Å². The van der Waals surface area contributed by atoms with Crippen molar-refractivity contribution in [3.05, 3.63) is 27.7 Å². The molecule has 0 fully saturated rings. The molecule has 1 aromatic rings. The summed E-state index contributed by atoms with van der Waals surface area (Å²) in [5.74, 6) is 0.938. The smallest absolute Gasteiger partial charge is 0.137 e. The molecule has 1 aliphatic rings. The van der Waals surface area contributed by atoms with Gasteiger partial charge in [-0.15, -0.1) is 0 Å². The highest BCUT2D eigenvalue weighted by Crippen LogP contribution is 2.38. The standard InChI is InChI=1S/C15H21BrO2/c1-2-3-4-7-14(17)11-8-9-13(16)15-12(11)6-5-10-18-15/h8-9,14,17H,2-7,10H2,1H3. The van der Waals surface area contributed by atoms with Gasteiger partial charge in [0.2, 0.25) is 0 Å². The fourth-order valence-corrected chi connectivity index (χ4v) is 2.99. The van der Waals surface area contributed by atoms with Crippen molar-refractivity contribution in [1.29, 1.82) is 0 Å². The molecule has 1 heterocycles. The van der Waals surface area contributed by atoms with E-state index in [1.165, 1.54) is 18.4 Å². The predicted octanol–water partition coefficient (Wildman–Crippen LogP) is 4.39. The van der Waals surface area contributed by atoms with Crippen molar-refractivity contribution in [2.24, 2.45) is 0 Å². The minimum Gasteiger partial charge on any atom is -0.492 e. The lowest BCUT2D eigenvalue weighted by Gasteiger charge is -2.24. The number of aliphatic hydroxyl groups excluding tert-OH is 1. The van der Waals surface area contributed by atoms with Gasteiger partial charge < -0.3 is 9.84 Å². The quantitative estimate of drug-likeness (QED) is 0.817. The number of hydrogen-bond acceptors (Lipinski definition) is 2. The highest BCUT2D eigenvalue weighted by Gasteiger charge is 2.21. The van der Waals surface area contributed by atoms with Crippen molar-refractivity contribution in [2.75, 3.05) is 6.61 Å². The summed E-state index contributed by atoms with van der Waals surface area (Å²) in [4.78, 5) is 0. The first kappa shape index (κ1) is 13.9. The van der Waals surface area contributed by atoms with Crippen molar-refractivity contribution in [2.45, 2.75) is 51.6 Å². The van der Waals surface area contributed by atoms with E-state index in [1.807, 2.05) is 12.1 Å². The lowest BCUT2D eigenvalue weighted by Crippen LogP contribution is -2.13. The molecular weight excluding hydrogens is 292 g/mol. The number of ether oxygens (including phenoxy) is 1. The second-order valence-corrected chi connectivity index (χ2v) is 5.76. The van der Waals surface area contributed by atoms with Crippen LogP contribution in [0.4, 0.5) is 0 Å². The molecule has 18 heavy (non-hydrogen) atoms. The zero-order valence-electron chi connectivity index (χ0n) is 10.9. The lowest BCUT2D eigenvalue weighted by molar-refractivity contribution is 0.160. The molecule has 0 amide bonds. The summed E-state index contributed by atoms with van der Waals surface area (Å²) in [6, 6.07) is 4.02. The molecule has 100 valence electrons. The first-order chi connectivity index (χ1) is 8.74. The number of unbranched alkanes of at least 4 members (excludes halogenated alkanes) is 2. The average molecular weight is 313 g/mol. The van der Waals surface area contributed by atoms with Gasteiger partial charge in [0.1, 0.15) is 5.75 Å². The maximum Gasteiger partial charge on any atom is 0.137 e. The SMILES string of the molecule is CCCCCC(O)c1ccc(Br)c2c1CCCO2. The van der Waals surface area contributed by atoms with E-state index in [0.29, 0.717) is 0 Å². The summed E-state index contributed by atoms with van der Waals surface area (Å²) >= 11 is 3.52. The second kappa shape index (κ2) is 6.58. The van der Waals surface area contributed by atoms with Crippen LogP contribution in [0.5, 0.6) is 5.75 Å². The van der Waals surface area contributed by atoms with Crippen LogP contribution in [-0.2, 0) is 6.42 Å². The van der Waals surface area contributed by atoms with E-state index in [1.54, 1.807) is 0 Å². The van der Waals surface area contributed by atoms with E-state index in [9.17, 15) is 5.11 Å². The largest absolute Gasteiger partial charge is 0.492 e. The molecule has 0 aromatic heterocycles. The fourth-order valence-electron chi connectivity index (χ4n) is 2.51. The third-order valence-corrected chi connectivity index (χ3v) is 4.13. The Bertz CT molecular complexity index is 404. The predicted molar refractivity (Wildman–Crippen MR) is 77.1 cm³/mol. The third kappa shape index (κ3) is 3.07. The first-order valence-corrected chi connectivity index (χ1v) is 7.65. The molecular formula is C15H21BrO2. The van der Waals surface area contributed by atoms with E-state index >= 15 is 0 Å². The molecule has 0 saturated heterocycles. The van der Waals surface area contributed by atoms with Crippen LogP contribution in [0, 0.1) is 0 Å². The van der Waals surface area contributed by atoms with Gasteiger partial charge in [-0.25, -0.2) is 0 Å². The second-order valence-electron chi connectivity index (χ2n) is 4.91. The highest BCUT2D eigenvalue weighted by molar-refractivity contribution is 9.10. The normalized spacial score (nSPS) is 15.9. The van der Waals surface area contributed by atoms with Crippen molar-refractivity contribution in [1.82, 2.24) is 0 Å². The summed E-state index contributed by atoms with van der Waals surface area (Å²) in [7, 11) is 0. The molecule has 0 saturated carbocycles. The summed E-state index contributed by atoms with van der Waals surface area (Å²) in [5, 5.41) is 10.3. The average Bonchev–Trinajstić information content (AvgIpc) is 2.39. The molecule has 1 aliphatic heterocycles. The van der Waals surface area contributed by atoms with Gasteiger partial charge in [0, 0.05) is 5.56 Å². The van der Waals surface area contributed by atoms with Crippen LogP contribution in [0.1, 0.15) is 56.3 Å². The Morgan fingerprint density at radius 1 is 1.39 bits per heavy atom. The van der Waals surface area contributed by atoms with Gasteiger partial charge in [-0.2, -0.15) is 0 Å². The summed E-state index contributed by atoms with van der Waals surface area (Å²) in [6.45, 7) is 2.96. The lowest BCUT2D eigenvalue weighted by atomic mass is 9.94. The first-order valence-electron chi connectivity index (χ1n) is 6.86. The minimum atomic E-state index is -0.347. The van der Waals surface area contributed by atoms with Crippen molar-refractivity contribution < 1.29 is 9.84 Å². The van der Waals surface area contributed by atoms with Crippen LogP contribution in [0.25, 0.3) is 0 Å². The van der Waals surface area contributed by atoms with E-state index < -0.39 is 0 Å². The van der Waals surface area contributed by atoms with E-state index in [4.69, 9.17) is 4.74 Å². The van der Waals surface area contributed by atoms with Gasteiger partial charge in [-0.1, -0.05) is 32.3 Å². The van der Waals surface area contributed by atoms with Crippen LogP contribution in [0.15, 0.2) is 16.6 Å². The maximum absolute atomic E-state index is 10.3. The molecule has 2 rings (SSSR count). The highest BCUT2D eigenvalue weighted by atomic mass is 79.9. The van der Waals surface area contributed by atoms with Gasteiger partial charge in [0.05, 0.1) is 17.2 Å². The Balaban J connectivity index is 2.17. The monoisotopic (exact) mass is 312 g/mol. The molecule has 0 aliphatic carbocycles. The molecule has 0 bridgehead atoms. The molecule has 3 heteroatoms. The Labute approximate surface area is 117 Å². The molecule has 2 nitrogen and oxygen atoms in total. The number of benzene rings is 1. The zero-order valence-corrected chi connectivity index (χ0v) is 12.5. The summed E-state index contributed by atoms with van der Waals surface area (Å²) < 4.78 is 6.71. The van der Waals surface area contributed by atoms with E-state index in [2.05, 4.69) is 22.9 Å². The Morgan fingerprint density at radius 2 is 2.22 bits per heavy atom. The molecule has 1 atom stereocenters. The van der Waals surface area contributed by atoms with E-state index in [-0.39, 0.29) is 6.10 Å². The Kier molecular flexibility index (Phi) is 5.07. The van der Waals surface area contributed by atoms with Gasteiger partial charge in [-0.3, -0.25) is 0 Å². The number of rotatable bonds is 5. The molecule has 0 spiro atoms. The topological polar surface area (TPSA) is 29.5 Å². The molecule has 0 radical (unpaired) electrons. The van der Waals surface area contributed by atoms with Crippen LogP contribution in [-0.4, -0.2) is 11.7 Å². The maximum atomic E-state index is 10.3. The van der Waals surface area contributed by atoms with Gasteiger partial charge in [0.25, 0.3) is 0 Å². The third-order valence-electron chi connectivity index (χ3n) is 3.51. The zero-order chi connectivity index (χ0) is 13.0. The van der Waals surface area contributed by atoms with Gasteiger partial charge in [0.15, 0.2) is 0 Å². The fraction of sp³-hybridized carbons (Fsp3) is 0.600. The van der Waals surface area contributed by atoms with Crippen molar-refractivity contribution >= 4 is 15.9 Å². The Hall–Kier alpha value is -0.540. The Morgan fingerprint density at radius 3 is 3.00 bits per heavy atom. The summed E-state index contributed by atoms with van der Waals surface area (Å²) in [6.07, 6.45) is 6.01. The van der Waals surface area contributed by atoms with Crippen molar-refractivity contribution in [3.8, 4) is 5.75 Å². The van der Waals surface area contributed by atoms with Crippen molar-refractivity contribution in [3.63, 3.8) is 0 Å². The number of fused-ring (bicyclic) bond motifs is 1.